The van der Waals surface area contributed by atoms with Gasteiger partial charge < -0.3 is 0 Å². The Labute approximate surface area is 249 Å². The summed E-state index contributed by atoms with van der Waals surface area (Å²) in [5, 5.41) is 0. The molecule has 0 radical (unpaired) electrons. The third-order valence-electron chi connectivity index (χ3n) is 8.23. The third kappa shape index (κ3) is 4.71. The maximum Gasteiger partial charge on any atom is 0.199 e. The van der Waals surface area contributed by atoms with Crippen LogP contribution in [-0.4, -0.2) is 25.1 Å². The molecular formula is C34H30O5S3. The van der Waals surface area contributed by atoms with E-state index < -0.39 is 46.4 Å². The molecule has 1 saturated carbocycles. The first-order chi connectivity index (χ1) is 20.1. The SMILES string of the molecule is Cc1ccc([S@](=O)C2=C[C@H]3CC(S(=O)(=O)c4ccccc4)(S(=O)(=O)c4ccccc4)CC3=C[C@H]2c2ccccc2)cc1. The van der Waals surface area contributed by atoms with Gasteiger partial charge in [-0.2, -0.15) is 0 Å². The van der Waals surface area contributed by atoms with Crippen molar-refractivity contribution in [1.29, 1.82) is 0 Å². The van der Waals surface area contributed by atoms with Gasteiger partial charge in [-0.15, -0.1) is 0 Å². The minimum Gasteiger partial charge on any atom is -0.249 e. The minimum absolute atomic E-state index is 0.0317. The van der Waals surface area contributed by atoms with E-state index in [-0.39, 0.29) is 22.6 Å². The fraction of sp³-hybridized carbons (Fsp3) is 0.176. The molecule has 0 spiro atoms. The predicted octanol–water partition coefficient (Wildman–Crippen LogP) is 6.76. The molecule has 0 aliphatic heterocycles. The van der Waals surface area contributed by atoms with Gasteiger partial charge in [0, 0.05) is 28.1 Å². The largest absolute Gasteiger partial charge is 0.249 e. The molecule has 0 N–H and O–H groups in total. The van der Waals surface area contributed by atoms with Crippen molar-refractivity contribution in [3.63, 3.8) is 0 Å². The van der Waals surface area contributed by atoms with E-state index in [1.807, 2.05) is 73.7 Å². The van der Waals surface area contributed by atoms with Gasteiger partial charge in [0.25, 0.3) is 0 Å². The Balaban J connectivity index is 1.54. The summed E-state index contributed by atoms with van der Waals surface area (Å²) in [6.45, 7) is 1.97. The van der Waals surface area contributed by atoms with E-state index in [1.165, 1.54) is 24.3 Å². The van der Waals surface area contributed by atoms with Crippen LogP contribution in [-0.2, 0) is 30.5 Å². The number of sulfone groups is 2. The number of fused-ring (bicyclic) bond motifs is 1. The first-order valence-electron chi connectivity index (χ1n) is 13.7. The van der Waals surface area contributed by atoms with Crippen LogP contribution in [0, 0.1) is 12.8 Å². The number of benzene rings is 4. The van der Waals surface area contributed by atoms with Gasteiger partial charge in [0.1, 0.15) is 0 Å². The monoisotopic (exact) mass is 614 g/mol. The van der Waals surface area contributed by atoms with E-state index in [0.29, 0.717) is 9.80 Å². The van der Waals surface area contributed by atoms with Gasteiger partial charge in [-0.3, -0.25) is 0 Å². The van der Waals surface area contributed by atoms with E-state index in [4.69, 9.17) is 0 Å². The van der Waals surface area contributed by atoms with Gasteiger partial charge in [-0.25, -0.2) is 21.0 Å². The molecule has 4 aromatic rings. The summed E-state index contributed by atoms with van der Waals surface area (Å²) in [5.74, 6) is -0.902. The van der Waals surface area contributed by atoms with Crippen LogP contribution in [0.1, 0.15) is 29.9 Å². The zero-order chi connectivity index (χ0) is 29.5. The minimum atomic E-state index is -4.38. The van der Waals surface area contributed by atoms with Crippen LogP contribution < -0.4 is 0 Å². The number of hydrogen-bond acceptors (Lipinski definition) is 5. The van der Waals surface area contributed by atoms with Crippen LogP contribution >= 0.6 is 0 Å². The standard InChI is InChI=1S/C34H30O5S3/c1-25-17-19-29(20-18-25)40(35)33-22-28-24-34(41(36,37)30-13-7-3-8-14-30,42(38,39)31-15-9-4-10-16-31)23-27(28)21-32(33)26-11-5-2-6-12-26/h2-22,28,32H,23-24H2,1H3/t28-,32-,40-/m0/s1. The molecule has 0 unspecified atom stereocenters. The highest BCUT2D eigenvalue weighted by molar-refractivity contribution is 8.10. The maximum absolute atomic E-state index is 14.5. The summed E-state index contributed by atoms with van der Waals surface area (Å²) in [7, 11) is -10.3. The predicted molar refractivity (Wildman–Crippen MR) is 166 cm³/mol. The number of rotatable bonds is 7. The van der Waals surface area contributed by atoms with E-state index in [0.717, 1.165) is 16.7 Å². The van der Waals surface area contributed by atoms with Gasteiger partial charge in [0.15, 0.2) is 23.8 Å². The zero-order valence-electron chi connectivity index (χ0n) is 23.0. The molecule has 2 aliphatic rings. The lowest BCUT2D eigenvalue weighted by Crippen LogP contribution is -2.44. The number of aryl methyl sites for hydroxylation is 1. The molecule has 214 valence electrons. The average Bonchev–Trinajstić information content (AvgIpc) is 3.43. The lowest BCUT2D eigenvalue weighted by atomic mass is 9.86. The van der Waals surface area contributed by atoms with Crippen molar-refractivity contribution in [2.75, 3.05) is 0 Å². The van der Waals surface area contributed by atoms with Crippen molar-refractivity contribution >= 4 is 30.5 Å². The Morgan fingerprint density at radius 3 is 1.69 bits per heavy atom. The molecule has 4 aromatic carbocycles. The topological polar surface area (TPSA) is 85.3 Å². The average molecular weight is 615 g/mol. The van der Waals surface area contributed by atoms with Crippen LogP contribution in [0.5, 0.6) is 0 Å². The summed E-state index contributed by atoms with van der Waals surface area (Å²) < 4.78 is 69.7. The lowest BCUT2D eigenvalue weighted by Gasteiger charge is -2.29. The molecule has 0 saturated heterocycles. The quantitative estimate of drug-likeness (QED) is 0.215. The van der Waals surface area contributed by atoms with Gasteiger partial charge in [0.2, 0.25) is 0 Å². The van der Waals surface area contributed by atoms with Crippen molar-refractivity contribution in [1.82, 2.24) is 0 Å². The first kappa shape index (κ1) is 28.5. The Morgan fingerprint density at radius 2 is 1.17 bits per heavy atom. The summed E-state index contributed by atoms with van der Waals surface area (Å²) in [6, 6.07) is 32.7. The second-order valence-corrected chi connectivity index (χ2v) is 17.1. The van der Waals surface area contributed by atoms with E-state index in [9.17, 15) is 21.0 Å². The van der Waals surface area contributed by atoms with Crippen LogP contribution in [0.25, 0.3) is 0 Å². The molecule has 42 heavy (non-hydrogen) atoms. The summed E-state index contributed by atoms with van der Waals surface area (Å²) in [5.41, 5.74) is 2.69. The molecule has 6 rings (SSSR count). The number of hydrogen-bond donors (Lipinski definition) is 0. The summed E-state index contributed by atoms with van der Waals surface area (Å²) in [4.78, 5) is 1.21. The molecule has 8 heteroatoms. The molecule has 0 aromatic heterocycles. The molecule has 3 atom stereocenters. The van der Waals surface area contributed by atoms with Crippen molar-refractivity contribution in [3.8, 4) is 0 Å². The zero-order valence-corrected chi connectivity index (χ0v) is 25.4. The molecule has 2 aliphatic carbocycles. The van der Waals surface area contributed by atoms with Crippen molar-refractivity contribution < 1.29 is 21.0 Å². The van der Waals surface area contributed by atoms with Crippen molar-refractivity contribution in [3.05, 3.63) is 149 Å². The van der Waals surface area contributed by atoms with Gasteiger partial charge in [0.05, 0.1) is 20.6 Å². The van der Waals surface area contributed by atoms with E-state index in [2.05, 4.69) is 0 Å². The molecule has 0 amide bonds. The molecular weight excluding hydrogens is 585 g/mol. The fourth-order valence-electron chi connectivity index (χ4n) is 6.01. The van der Waals surface area contributed by atoms with Gasteiger partial charge in [-0.05, 0) is 55.3 Å². The van der Waals surface area contributed by atoms with Crippen molar-refractivity contribution in [2.45, 2.75) is 44.4 Å². The molecule has 0 heterocycles. The molecule has 0 bridgehead atoms. The van der Waals surface area contributed by atoms with Crippen molar-refractivity contribution in [2.24, 2.45) is 5.92 Å². The van der Waals surface area contributed by atoms with E-state index in [1.54, 1.807) is 36.4 Å². The van der Waals surface area contributed by atoms with Crippen LogP contribution in [0.4, 0.5) is 0 Å². The highest BCUT2D eigenvalue weighted by Crippen LogP contribution is 2.55. The highest BCUT2D eigenvalue weighted by atomic mass is 32.3. The third-order valence-corrected chi connectivity index (χ3v) is 15.4. The second kappa shape index (κ2) is 10.9. The smallest absolute Gasteiger partial charge is 0.199 e. The Hall–Kier alpha value is -3.59. The van der Waals surface area contributed by atoms with Gasteiger partial charge >= 0.3 is 0 Å². The van der Waals surface area contributed by atoms with Crippen LogP contribution in [0.15, 0.2) is 153 Å². The fourth-order valence-corrected chi connectivity index (χ4v) is 12.5. The molecule has 1 fully saturated rings. The van der Waals surface area contributed by atoms with Crippen LogP contribution in [0.3, 0.4) is 0 Å². The van der Waals surface area contributed by atoms with E-state index >= 15 is 0 Å². The Morgan fingerprint density at radius 1 is 0.667 bits per heavy atom. The van der Waals surface area contributed by atoms with Gasteiger partial charge in [-0.1, -0.05) is 102 Å². The molecule has 5 nitrogen and oxygen atoms in total. The summed E-state index contributed by atoms with van der Waals surface area (Å²) in [6.07, 6.45) is 3.48. The second-order valence-electron chi connectivity index (χ2n) is 10.8. The Kier molecular flexibility index (Phi) is 7.41. The Bertz CT molecular complexity index is 1840. The first-order valence-corrected chi connectivity index (χ1v) is 17.8. The maximum atomic E-state index is 14.5. The lowest BCUT2D eigenvalue weighted by molar-refractivity contribution is 0.534. The van der Waals surface area contributed by atoms with Crippen LogP contribution in [0.2, 0.25) is 0 Å². The number of allylic oxidation sites excluding steroid dienone is 4. The summed E-state index contributed by atoms with van der Waals surface area (Å²) >= 11 is 0. The highest BCUT2D eigenvalue weighted by Gasteiger charge is 2.61. The normalized spacial score (nSPS) is 20.7.